The van der Waals surface area contributed by atoms with Crippen LogP contribution in [0.4, 0.5) is 10.5 Å². The second-order valence-electron chi connectivity index (χ2n) is 17.9. The number of carboxylic acid groups (broad SMARTS) is 1. The molecule has 6 amide bonds. The van der Waals surface area contributed by atoms with E-state index in [2.05, 4.69) is 36.3 Å². The van der Waals surface area contributed by atoms with Crippen molar-refractivity contribution in [3.05, 3.63) is 53.9 Å². The number of aromatic nitrogens is 3. The van der Waals surface area contributed by atoms with Gasteiger partial charge < -0.3 is 79.5 Å². The molecule has 78 heavy (non-hydrogen) atoms. The summed E-state index contributed by atoms with van der Waals surface area (Å²) in [5.74, 6) is -1.90. The van der Waals surface area contributed by atoms with Crippen LogP contribution in [0.25, 0.3) is 0 Å². The average molecular weight is 1110 g/mol. The van der Waals surface area contributed by atoms with Crippen molar-refractivity contribution >= 4 is 47.3 Å². The number of carbonyl (C=O) groups excluding carboxylic acids is 6. The number of amides is 6. The van der Waals surface area contributed by atoms with Crippen LogP contribution < -0.4 is 27.0 Å². The molecule has 27 nitrogen and oxygen atoms in total. The SMILES string of the molecule is NCCCC[C@H](NC(=O)COCC(=O)NCCOCCOCCOCCOCCOCCOCCOCCOCCn1cc(CNC(=O)C2CCC(CN3C(=O)C=CC3=O)CC2)nn1)C(=O)Nc1ccc(COC(=O)O)cc1. The molecule has 2 aliphatic rings. The van der Waals surface area contributed by atoms with Crippen LogP contribution >= 0.6 is 0 Å². The zero-order valence-electron chi connectivity index (χ0n) is 44.4. The molecule has 1 aromatic carbocycles. The van der Waals surface area contributed by atoms with Crippen molar-refractivity contribution in [2.45, 2.75) is 70.7 Å². The molecule has 1 aliphatic carbocycles. The van der Waals surface area contributed by atoms with Crippen LogP contribution in [0.15, 0.2) is 42.6 Å². The Hall–Kier alpha value is -6.01. The number of hydrogen-bond donors (Lipinski definition) is 6. The molecule has 1 aliphatic heterocycles. The van der Waals surface area contributed by atoms with Gasteiger partial charge in [-0.2, -0.15) is 0 Å². The van der Waals surface area contributed by atoms with E-state index in [1.165, 1.54) is 17.1 Å². The molecule has 1 atom stereocenters. The maximum absolute atomic E-state index is 13.0. The summed E-state index contributed by atoms with van der Waals surface area (Å²) in [4.78, 5) is 85.9. The van der Waals surface area contributed by atoms with Crippen molar-refractivity contribution in [2.75, 3.05) is 144 Å². The molecule has 27 heteroatoms. The van der Waals surface area contributed by atoms with E-state index < -0.39 is 36.5 Å². The minimum atomic E-state index is -1.39. The van der Waals surface area contributed by atoms with E-state index in [-0.39, 0.29) is 62.5 Å². The Bertz CT molecular complexity index is 2070. The molecule has 7 N–H and O–H groups in total. The lowest BCUT2D eigenvalue weighted by atomic mass is 9.81. The van der Waals surface area contributed by atoms with Gasteiger partial charge in [-0.05, 0) is 75.1 Å². The van der Waals surface area contributed by atoms with E-state index in [9.17, 15) is 33.6 Å². The van der Waals surface area contributed by atoms with Gasteiger partial charge in [0, 0.05) is 36.8 Å². The summed E-state index contributed by atoms with van der Waals surface area (Å²) in [6.07, 6.45) is 7.57. The molecule has 0 saturated heterocycles. The summed E-state index contributed by atoms with van der Waals surface area (Å²) in [7, 11) is 0. The van der Waals surface area contributed by atoms with E-state index in [1.807, 2.05) is 0 Å². The van der Waals surface area contributed by atoms with Crippen molar-refractivity contribution in [3.8, 4) is 0 Å². The highest BCUT2D eigenvalue weighted by Gasteiger charge is 2.31. The lowest BCUT2D eigenvalue weighted by molar-refractivity contribution is -0.138. The summed E-state index contributed by atoms with van der Waals surface area (Å²) in [6, 6.07) is 5.53. The lowest BCUT2D eigenvalue weighted by Crippen LogP contribution is -2.45. The first-order valence-electron chi connectivity index (χ1n) is 26.4. The van der Waals surface area contributed by atoms with Crippen LogP contribution in [0, 0.1) is 11.8 Å². The van der Waals surface area contributed by atoms with Crippen LogP contribution in [0.1, 0.15) is 56.2 Å². The predicted molar refractivity (Wildman–Crippen MR) is 276 cm³/mol. The third-order valence-electron chi connectivity index (χ3n) is 11.9. The van der Waals surface area contributed by atoms with E-state index in [0.717, 1.165) is 12.8 Å². The molecule has 436 valence electrons. The minimum Gasteiger partial charge on any atom is -0.450 e. The molecule has 4 rings (SSSR count). The highest BCUT2D eigenvalue weighted by atomic mass is 16.7. The first kappa shape index (κ1) is 64.5. The Morgan fingerprint density at radius 3 is 1.76 bits per heavy atom. The topological polar surface area (TPSA) is 340 Å². The second-order valence-corrected chi connectivity index (χ2v) is 17.9. The molecule has 1 saturated carbocycles. The smallest absolute Gasteiger partial charge is 0.450 e. The van der Waals surface area contributed by atoms with Crippen LogP contribution in [0.3, 0.4) is 0 Å². The number of nitrogens with two attached hydrogens (primary N) is 1. The molecular formula is C51H79N9O18. The van der Waals surface area contributed by atoms with Gasteiger partial charge in [0.1, 0.15) is 31.6 Å². The number of imide groups is 1. The largest absolute Gasteiger partial charge is 0.506 e. The minimum absolute atomic E-state index is 0.0228. The Labute approximate surface area is 454 Å². The first-order chi connectivity index (χ1) is 38.0. The van der Waals surface area contributed by atoms with Gasteiger partial charge >= 0.3 is 6.16 Å². The number of carbonyl (C=O) groups is 7. The summed E-state index contributed by atoms with van der Waals surface area (Å²) in [6.45, 7) is 7.30. The van der Waals surface area contributed by atoms with E-state index in [1.54, 1.807) is 35.1 Å². The van der Waals surface area contributed by atoms with Crippen molar-refractivity contribution in [1.29, 1.82) is 0 Å². The fraction of sp³-hybridized carbons (Fsp3) is 0.667. The van der Waals surface area contributed by atoms with Gasteiger partial charge in [-0.3, -0.25) is 33.7 Å². The zero-order chi connectivity index (χ0) is 55.8. The Morgan fingerprint density at radius 1 is 0.667 bits per heavy atom. The number of nitrogens with zero attached hydrogens (tertiary/aromatic N) is 4. The zero-order valence-corrected chi connectivity index (χ0v) is 44.4. The van der Waals surface area contributed by atoms with Crippen LogP contribution in [-0.2, 0) is 95.8 Å². The maximum Gasteiger partial charge on any atom is 0.506 e. The van der Waals surface area contributed by atoms with Gasteiger partial charge in [0.05, 0.1) is 125 Å². The number of anilines is 1. The highest BCUT2D eigenvalue weighted by Crippen LogP contribution is 2.30. The summed E-state index contributed by atoms with van der Waals surface area (Å²) in [5.41, 5.74) is 7.29. The summed E-state index contributed by atoms with van der Waals surface area (Å²) >= 11 is 0. The Balaban J connectivity index is 0.829. The molecule has 1 aromatic heterocycles. The van der Waals surface area contributed by atoms with E-state index in [4.69, 9.17) is 53.5 Å². The molecule has 1 fully saturated rings. The molecule has 0 unspecified atom stereocenters. The van der Waals surface area contributed by atoms with E-state index >= 15 is 0 Å². The number of benzene rings is 1. The first-order valence-corrected chi connectivity index (χ1v) is 26.4. The molecule has 2 aromatic rings. The number of hydrogen-bond acceptors (Lipinski definition) is 20. The highest BCUT2D eigenvalue weighted by molar-refractivity contribution is 6.12. The van der Waals surface area contributed by atoms with Gasteiger partial charge in [-0.1, -0.05) is 17.3 Å². The van der Waals surface area contributed by atoms with Crippen molar-refractivity contribution in [3.63, 3.8) is 0 Å². The van der Waals surface area contributed by atoms with Crippen LogP contribution in [0.2, 0.25) is 0 Å². The third kappa shape index (κ3) is 29.1. The molecular weight excluding hydrogens is 1030 g/mol. The molecule has 2 heterocycles. The quantitative estimate of drug-likeness (QED) is 0.0296. The average Bonchev–Trinajstić information content (AvgIpc) is 4.05. The van der Waals surface area contributed by atoms with Crippen molar-refractivity contribution < 1.29 is 86.0 Å². The second kappa shape index (κ2) is 40.2. The fourth-order valence-electron chi connectivity index (χ4n) is 7.73. The standard InChI is InChI=1S/C51H79N9O18/c52-14-2-1-3-44(50(66)55-42-10-6-40(7-11-42)36-78-51(67)68)56-46(62)38-77-37-45(61)53-15-17-69-19-21-71-23-25-73-27-29-75-31-32-76-30-28-74-26-24-72-22-20-70-18-16-59-35-43(57-58-59)33-54-49(65)41-8-4-39(5-9-41)34-60-47(63)12-13-48(60)64/h6-7,10-13,35,39,41,44H,1-5,8-9,14-34,36-38,52H2,(H,53,61)(H,54,65)(H,55,66)(H,56,62)(H,67,68)/t39?,41?,44-/m0/s1. The molecule has 0 bridgehead atoms. The van der Waals surface area contributed by atoms with Crippen molar-refractivity contribution in [2.24, 2.45) is 17.6 Å². The van der Waals surface area contributed by atoms with Crippen LogP contribution in [-0.4, -0.2) is 211 Å². The predicted octanol–water partition coefficient (Wildman–Crippen LogP) is 0.338. The molecule has 0 spiro atoms. The monoisotopic (exact) mass is 1110 g/mol. The van der Waals surface area contributed by atoms with Gasteiger partial charge in [-0.15, -0.1) is 5.10 Å². The fourth-order valence-corrected chi connectivity index (χ4v) is 7.73. The number of nitrogens with one attached hydrogen (secondary N) is 4. The Morgan fingerprint density at radius 2 is 1.21 bits per heavy atom. The van der Waals surface area contributed by atoms with E-state index in [0.29, 0.717) is 168 Å². The number of unbranched alkanes of at least 4 members (excludes halogenated alkanes) is 1. The lowest BCUT2D eigenvalue weighted by Gasteiger charge is -2.29. The summed E-state index contributed by atoms with van der Waals surface area (Å²) < 4.78 is 55.6. The van der Waals surface area contributed by atoms with Gasteiger partial charge in [0.15, 0.2) is 0 Å². The number of rotatable bonds is 45. The van der Waals surface area contributed by atoms with Gasteiger partial charge in [0.25, 0.3) is 11.8 Å². The molecule has 0 radical (unpaired) electrons. The van der Waals surface area contributed by atoms with Gasteiger partial charge in [-0.25, -0.2) is 9.48 Å². The maximum atomic E-state index is 13.0. The normalized spacial score (nSPS) is 15.6. The summed E-state index contributed by atoms with van der Waals surface area (Å²) in [5, 5.41) is 27.8. The van der Waals surface area contributed by atoms with Gasteiger partial charge in [0.2, 0.25) is 23.6 Å². The van der Waals surface area contributed by atoms with Crippen LogP contribution in [0.5, 0.6) is 0 Å². The number of ether oxygens (including phenoxy) is 10. The third-order valence-corrected chi connectivity index (χ3v) is 11.9. The van der Waals surface area contributed by atoms with Crippen molar-refractivity contribution in [1.82, 2.24) is 35.8 Å². The Kier molecular flexibility index (Phi) is 33.3.